The minimum absolute atomic E-state index is 0.269. The van der Waals surface area contributed by atoms with E-state index < -0.39 is 2.74 Å². The Balaban J connectivity index is 3.28. The lowest BCUT2D eigenvalue weighted by molar-refractivity contribution is 1.06. The van der Waals surface area contributed by atoms with Gasteiger partial charge in [0.2, 0.25) is 0 Å². The molecule has 1 atom stereocenters. The standard InChI is InChI=1S/C8H18S7/c1-13-4-2-5-14-6-3-7(9)15-8(10,11)12/h7,9-12H,2-6H2,1H3. The van der Waals surface area contributed by atoms with E-state index in [-0.39, 0.29) is 4.58 Å². The SMILES string of the molecule is CSCCCSCCC(S)SC(S)(S)S. The minimum Gasteiger partial charge on any atom is -0.165 e. The molecule has 0 saturated carbocycles. The molecule has 0 aromatic heterocycles. The fourth-order valence-electron chi connectivity index (χ4n) is 0.833. The number of rotatable bonds is 9. The van der Waals surface area contributed by atoms with Crippen molar-refractivity contribution in [1.82, 2.24) is 0 Å². The third-order valence-corrected chi connectivity index (χ3v) is 5.59. The van der Waals surface area contributed by atoms with Crippen LogP contribution in [0.5, 0.6) is 0 Å². The molecule has 0 N–H and O–H groups in total. The number of thiol groups is 4. The molecule has 0 bridgehead atoms. The van der Waals surface area contributed by atoms with Crippen LogP contribution < -0.4 is 0 Å². The maximum atomic E-state index is 4.47. The third kappa shape index (κ3) is 14.4. The van der Waals surface area contributed by atoms with Crippen molar-refractivity contribution < 1.29 is 0 Å². The van der Waals surface area contributed by atoms with Gasteiger partial charge in [-0.3, -0.25) is 0 Å². The van der Waals surface area contributed by atoms with E-state index in [1.54, 1.807) is 11.8 Å². The zero-order valence-electron chi connectivity index (χ0n) is 8.63. The zero-order chi connectivity index (χ0) is 11.7. The molecule has 0 heterocycles. The maximum absolute atomic E-state index is 4.47. The Labute approximate surface area is 128 Å². The van der Waals surface area contributed by atoms with E-state index in [4.69, 9.17) is 0 Å². The van der Waals surface area contributed by atoms with E-state index >= 15 is 0 Å². The van der Waals surface area contributed by atoms with Gasteiger partial charge in [0.05, 0.1) is 4.58 Å². The van der Waals surface area contributed by atoms with Gasteiger partial charge in [0.15, 0.2) is 0 Å². The first-order valence-corrected chi connectivity index (χ1v) is 9.84. The van der Waals surface area contributed by atoms with Gasteiger partial charge in [-0.25, -0.2) is 0 Å². The summed E-state index contributed by atoms with van der Waals surface area (Å²) in [7, 11) is 0. The van der Waals surface area contributed by atoms with Crippen molar-refractivity contribution >= 4 is 85.8 Å². The molecule has 0 rings (SSSR count). The van der Waals surface area contributed by atoms with Gasteiger partial charge in [0.1, 0.15) is 2.74 Å². The van der Waals surface area contributed by atoms with Crippen LogP contribution in [0.2, 0.25) is 0 Å². The van der Waals surface area contributed by atoms with E-state index in [1.165, 1.54) is 17.9 Å². The van der Waals surface area contributed by atoms with Crippen LogP contribution in [-0.4, -0.2) is 30.8 Å². The smallest absolute Gasteiger partial charge is 0.146 e. The first-order chi connectivity index (χ1) is 6.95. The quantitative estimate of drug-likeness (QED) is 0.282. The molecule has 0 fully saturated rings. The van der Waals surface area contributed by atoms with Gasteiger partial charge in [0.25, 0.3) is 0 Å². The van der Waals surface area contributed by atoms with E-state index in [0.717, 1.165) is 12.2 Å². The summed E-state index contributed by atoms with van der Waals surface area (Å²) in [6.07, 6.45) is 4.52. The van der Waals surface area contributed by atoms with Crippen molar-refractivity contribution in [2.75, 3.05) is 23.5 Å². The summed E-state index contributed by atoms with van der Waals surface area (Å²) in [5.74, 6) is 3.67. The fraction of sp³-hybridized carbons (Fsp3) is 1.00. The molecule has 1 unspecified atom stereocenters. The zero-order valence-corrected chi connectivity index (χ0v) is 14.7. The van der Waals surface area contributed by atoms with E-state index in [1.807, 2.05) is 23.5 Å². The average Bonchev–Trinajstić information content (AvgIpc) is 2.08. The molecule has 0 saturated heterocycles. The lowest BCUT2D eigenvalue weighted by atomic mass is 10.6. The summed E-state index contributed by atoms with van der Waals surface area (Å²) in [6, 6.07) is 0. The lowest BCUT2D eigenvalue weighted by Crippen LogP contribution is -2.04. The van der Waals surface area contributed by atoms with Gasteiger partial charge in [-0.15, -0.1) is 49.6 Å². The summed E-state index contributed by atoms with van der Waals surface area (Å²) in [5.41, 5.74) is 0. The molecule has 0 spiro atoms. The molecule has 0 aliphatic carbocycles. The van der Waals surface area contributed by atoms with Crippen molar-refractivity contribution in [3.05, 3.63) is 0 Å². The van der Waals surface area contributed by atoms with Crippen molar-refractivity contribution in [3.8, 4) is 0 Å². The Morgan fingerprint density at radius 3 is 2.33 bits per heavy atom. The highest BCUT2D eigenvalue weighted by Crippen LogP contribution is 2.42. The van der Waals surface area contributed by atoms with Crippen molar-refractivity contribution in [2.24, 2.45) is 0 Å². The fourth-order valence-corrected chi connectivity index (χ4v) is 5.83. The van der Waals surface area contributed by atoms with Crippen molar-refractivity contribution in [1.29, 1.82) is 0 Å². The van der Waals surface area contributed by atoms with Gasteiger partial charge in [-0.2, -0.15) is 36.2 Å². The molecule has 0 radical (unpaired) electrons. The summed E-state index contributed by atoms with van der Waals surface area (Å²) in [4.78, 5) is 0. The highest BCUT2D eigenvalue weighted by atomic mass is 32.3. The highest BCUT2D eigenvalue weighted by molar-refractivity contribution is 8.38. The normalized spacial score (nSPS) is 14.2. The topological polar surface area (TPSA) is 0 Å². The second kappa shape index (κ2) is 10.4. The largest absolute Gasteiger partial charge is 0.165 e. The van der Waals surface area contributed by atoms with Crippen LogP contribution in [0.3, 0.4) is 0 Å². The van der Waals surface area contributed by atoms with Crippen molar-refractivity contribution in [3.63, 3.8) is 0 Å². The van der Waals surface area contributed by atoms with E-state index in [9.17, 15) is 0 Å². The molecule has 0 nitrogen and oxygen atoms in total. The monoisotopic (exact) mass is 338 g/mol. The Bertz CT molecular complexity index is 144. The molecule has 7 heteroatoms. The van der Waals surface area contributed by atoms with Crippen LogP contribution >= 0.6 is 85.8 Å². The van der Waals surface area contributed by atoms with Crippen LogP contribution in [0.15, 0.2) is 0 Å². The van der Waals surface area contributed by atoms with Gasteiger partial charge in [-0.05, 0) is 36.4 Å². The average molecular weight is 339 g/mol. The summed E-state index contributed by atoms with van der Waals surface area (Å²) in [5, 5.41) is 0. The van der Waals surface area contributed by atoms with Crippen LogP contribution in [0.1, 0.15) is 12.8 Å². The van der Waals surface area contributed by atoms with Crippen LogP contribution in [-0.2, 0) is 0 Å². The van der Waals surface area contributed by atoms with E-state index in [2.05, 4.69) is 56.8 Å². The molecule has 0 aliphatic rings. The van der Waals surface area contributed by atoms with Crippen LogP contribution in [0.25, 0.3) is 0 Å². The molecule has 15 heavy (non-hydrogen) atoms. The highest BCUT2D eigenvalue weighted by Gasteiger charge is 2.18. The molecule has 0 aliphatic heterocycles. The summed E-state index contributed by atoms with van der Waals surface area (Å²) in [6.45, 7) is 0. The first kappa shape index (κ1) is 17.4. The van der Waals surface area contributed by atoms with Crippen LogP contribution in [0.4, 0.5) is 0 Å². The lowest BCUT2D eigenvalue weighted by Gasteiger charge is -2.19. The Morgan fingerprint density at radius 1 is 1.13 bits per heavy atom. The first-order valence-electron chi connectivity index (χ1n) is 4.55. The second-order valence-corrected chi connectivity index (χ2v) is 11.5. The minimum atomic E-state index is -0.573. The molecule has 0 amide bonds. The number of hydrogen-bond donors (Lipinski definition) is 4. The molecule has 92 valence electrons. The summed E-state index contributed by atoms with van der Waals surface area (Å²) >= 11 is 22.6. The Morgan fingerprint density at radius 2 is 1.80 bits per heavy atom. The Hall–Kier alpha value is 2.45. The second-order valence-electron chi connectivity index (χ2n) is 2.89. The molecule has 0 aromatic carbocycles. The van der Waals surface area contributed by atoms with Gasteiger partial charge < -0.3 is 0 Å². The maximum Gasteiger partial charge on any atom is 0.146 e. The molecular weight excluding hydrogens is 321 g/mol. The predicted octanol–water partition coefficient (Wildman–Crippen LogP) is 4.25. The molecular formula is C8H18S7. The van der Waals surface area contributed by atoms with Gasteiger partial charge in [-0.1, -0.05) is 0 Å². The van der Waals surface area contributed by atoms with Crippen molar-refractivity contribution in [2.45, 2.75) is 20.2 Å². The predicted molar refractivity (Wildman–Crippen MR) is 95.0 cm³/mol. The van der Waals surface area contributed by atoms with Gasteiger partial charge >= 0.3 is 0 Å². The van der Waals surface area contributed by atoms with Gasteiger partial charge in [0, 0.05) is 0 Å². The number of thioether (sulfide) groups is 3. The van der Waals surface area contributed by atoms with Crippen LogP contribution in [0, 0.1) is 0 Å². The third-order valence-electron chi connectivity index (χ3n) is 1.44. The van der Waals surface area contributed by atoms with E-state index in [0.29, 0.717) is 0 Å². The molecule has 0 aromatic rings. The number of hydrogen-bond acceptors (Lipinski definition) is 7. The summed E-state index contributed by atoms with van der Waals surface area (Å²) < 4.78 is -0.304. The Kier molecular flexibility index (Phi) is 12.1.